The molecule has 1 heterocycles. The minimum Gasteiger partial charge on any atom is -0.508 e. The third-order valence-corrected chi connectivity index (χ3v) is 3.62. The number of amides is 2. The van der Waals surface area contributed by atoms with Gasteiger partial charge in [-0.1, -0.05) is 25.0 Å². The molecule has 1 saturated heterocycles. The molecule has 1 unspecified atom stereocenters. The Morgan fingerprint density at radius 1 is 1.15 bits per heavy atom. The third kappa shape index (κ3) is 4.13. The number of carbonyl (C=O) groups is 1. The van der Waals surface area contributed by atoms with Gasteiger partial charge in [0.05, 0.1) is 6.10 Å². The van der Waals surface area contributed by atoms with Gasteiger partial charge in [0.2, 0.25) is 0 Å². The molecule has 5 nitrogen and oxygen atoms in total. The first-order valence-electron chi connectivity index (χ1n) is 7.16. The summed E-state index contributed by atoms with van der Waals surface area (Å²) in [5.74, 6) is 0.162. The van der Waals surface area contributed by atoms with E-state index in [2.05, 4.69) is 5.32 Å². The van der Waals surface area contributed by atoms with Crippen LogP contribution in [0.2, 0.25) is 0 Å². The van der Waals surface area contributed by atoms with Crippen LogP contribution >= 0.6 is 0 Å². The van der Waals surface area contributed by atoms with Crippen molar-refractivity contribution < 1.29 is 15.0 Å². The van der Waals surface area contributed by atoms with Crippen LogP contribution in [0, 0.1) is 0 Å². The number of nitrogens with one attached hydrogen (secondary N) is 1. The molecule has 0 aromatic heterocycles. The fourth-order valence-corrected chi connectivity index (χ4v) is 2.38. The van der Waals surface area contributed by atoms with Gasteiger partial charge in [-0.2, -0.15) is 0 Å². The number of benzene rings is 1. The lowest BCUT2D eigenvalue weighted by Crippen LogP contribution is -2.42. The Morgan fingerprint density at radius 2 is 1.75 bits per heavy atom. The zero-order valence-corrected chi connectivity index (χ0v) is 11.6. The van der Waals surface area contributed by atoms with Gasteiger partial charge in [0.25, 0.3) is 0 Å². The van der Waals surface area contributed by atoms with Gasteiger partial charge in [0.1, 0.15) is 5.75 Å². The first-order valence-corrected chi connectivity index (χ1v) is 7.16. The van der Waals surface area contributed by atoms with Crippen molar-refractivity contribution in [3.05, 3.63) is 29.8 Å². The number of aliphatic hydroxyl groups is 1. The molecule has 0 aliphatic carbocycles. The minimum atomic E-state index is -0.758. The molecule has 0 bridgehead atoms. The second-order valence-corrected chi connectivity index (χ2v) is 5.19. The molecule has 0 radical (unpaired) electrons. The van der Waals surface area contributed by atoms with Crippen molar-refractivity contribution in [2.75, 3.05) is 19.6 Å². The van der Waals surface area contributed by atoms with E-state index in [4.69, 9.17) is 0 Å². The van der Waals surface area contributed by atoms with Crippen molar-refractivity contribution in [3.63, 3.8) is 0 Å². The lowest BCUT2D eigenvalue weighted by atomic mass is 10.1. The van der Waals surface area contributed by atoms with Crippen LogP contribution in [0.25, 0.3) is 0 Å². The summed E-state index contributed by atoms with van der Waals surface area (Å²) in [7, 11) is 0. The summed E-state index contributed by atoms with van der Waals surface area (Å²) in [6.45, 7) is 1.77. The van der Waals surface area contributed by atoms with E-state index in [1.54, 1.807) is 12.1 Å². The van der Waals surface area contributed by atoms with E-state index < -0.39 is 6.10 Å². The van der Waals surface area contributed by atoms with Crippen LogP contribution in [0.1, 0.15) is 37.4 Å². The zero-order valence-electron chi connectivity index (χ0n) is 11.6. The quantitative estimate of drug-likeness (QED) is 0.792. The molecule has 0 saturated carbocycles. The normalized spacial score (nSPS) is 17.4. The highest BCUT2D eigenvalue weighted by Crippen LogP contribution is 2.16. The van der Waals surface area contributed by atoms with E-state index in [-0.39, 0.29) is 18.3 Å². The van der Waals surface area contributed by atoms with E-state index in [1.165, 1.54) is 25.0 Å². The average Bonchev–Trinajstić information content (AvgIpc) is 2.74. The summed E-state index contributed by atoms with van der Waals surface area (Å²) in [6.07, 6.45) is 3.70. The Labute approximate surface area is 119 Å². The van der Waals surface area contributed by atoms with Crippen molar-refractivity contribution in [3.8, 4) is 5.75 Å². The van der Waals surface area contributed by atoms with E-state index in [9.17, 15) is 15.0 Å². The molecule has 0 spiro atoms. The SMILES string of the molecule is O=C(NCC(O)c1ccc(O)cc1)N1CCCCCC1. The van der Waals surface area contributed by atoms with Gasteiger partial charge in [0.15, 0.2) is 0 Å². The maximum Gasteiger partial charge on any atom is 0.317 e. The van der Waals surface area contributed by atoms with Gasteiger partial charge in [0, 0.05) is 19.6 Å². The molecule has 2 amide bonds. The summed E-state index contributed by atoms with van der Waals surface area (Å²) in [5, 5.41) is 22.0. The van der Waals surface area contributed by atoms with E-state index >= 15 is 0 Å². The number of nitrogens with zero attached hydrogens (tertiary/aromatic N) is 1. The number of carbonyl (C=O) groups excluding carboxylic acids is 1. The Hall–Kier alpha value is -1.75. The number of phenolic OH excluding ortho intramolecular Hbond substituents is 1. The number of hydrogen-bond acceptors (Lipinski definition) is 3. The minimum absolute atomic E-state index is 0.107. The van der Waals surface area contributed by atoms with Crippen LogP contribution in [0.3, 0.4) is 0 Å². The zero-order chi connectivity index (χ0) is 14.4. The Kier molecular flexibility index (Phi) is 5.24. The molecule has 1 aromatic rings. The molecule has 1 aliphatic heterocycles. The van der Waals surface area contributed by atoms with Gasteiger partial charge in [-0.25, -0.2) is 4.79 Å². The van der Waals surface area contributed by atoms with Gasteiger partial charge >= 0.3 is 6.03 Å². The molecule has 1 atom stereocenters. The van der Waals surface area contributed by atoms with Gasteiger partial charge in [-0.05, 0) is 30.5 Å². The van der Waals surface area contributed by atoms with Crippen LogP contribution < -0.4 is 5.32 Å². The van der Waals surface area contributed by atoms with E-state index in [1.807, 2.05) is 4.90 Å². The summed E-state index contributed by atoms with van der Waals surface area (Å²) < 4.78 is 0. The molecular formula is C15H22N2O3. The first kappa shape index (κ1) is 14.7. The van der Waals surface area contributed by atoms with Crippen LogP contribution in [0.4, 0.5) is 4.79 Å². The molecule has 1 aliphatic rings. The summed E-state index contributed by atoms with van der Waals surface area (Å²) in [4.78, 5) is 13.8. The van der Waals surface area contributed by atoms with Gasteiger partial charge in [-0.15, -0.1) is 0 Å². The second kappa shape index (κ2) is 7.14. The molecule has 110 valence electrons. The van der Waals surface area contributed by atoms with Crippen molar-refractivity contribution >= 4 is 6.03 Å². The first-order chi connectivity index (χ1) is 9.66. The third-order valence-electron chi connectivity index (χ3n) is 3.62. The predicted octanol–water partition coefficient (Wildman–Crippen LogP) is 2.01. The number of hydrogen-bond donors (Lipinski definition) is 3. The fraction of sp³-hybridized carbons (Fsp3) is 0.533. The number of urea groups is 1. The maximum absolute atomic E-state index is 12.0. The highest BCUT2D eigenvalue weighted by atomic mass is 16.3. The summed E-state index contributed by atoms with van der Waals surface area (Å²) in [5.41, 5.74) is 0.680. The van der Waals surface area contributed by atoms with Gasteiger partial charge in [-0.3, -0.25) is 0 Å². The smallest absolute Gasteiger partial charge is 0.317 e. The molecule has 2 rings (SSSR count). The van der Waals surface area contributed by atoms with Crippen molar-refractivity contribution in [2.45, 2.75) is 31.8 Å². The second-order valence-electron chi connectivity index (χ2n) is 5.19. The number of likely N-dealkylation sites (tertiary alicyclic amines) is 1. The summed E-state index contributed by atoms with van der Waals surface area (Å²) in [6, 6.07) is 6.24. The number of phenols is 1. The lowest BCUT2D eigenvalue weighted by molar-refractivity contribution is 0.162. The number of aliphatic hydroxyl groups excluding tert-OH is 1. The largest absolute Gasteiger partial charge is 0.508 e. The highest BCUT2D eigenvalue weighted by Gasteiger charge is 2.16. The van der Waals surface area contributed by atoms with Crippen LogP contribution in [-0.4, -0.2) is 40.8 Å². The van der Waals surface area contributed by atoms with E-state index in [0.29, 0.717) is 5.56 Å². The Bertz CT molecular complexity index is 425. The monoisotopic (exact) mass is 278 g/mol. The summed E-state index contributed by atoms with van der Waals surface area (Å²) >= 11 is 0. The highest BCUT2D eigenvalue weighted by molar-refractivity contribution is 5.74. The van der Waals surface area contributed by atoms with Crippen LogP contribution in [0.5, 0.6) is 5.75 Å². The predicted molar refractivity (Wildman–Crippen MR) is 76.5 cm³/mol. The molecule has 1 aromatic carbocycles. The van der Waals surface area contributed by atoms with Crippen LogP contribution in [0.15, 0.2) is 24.3 Å². The fourth-order valence-electron chi connectivity index (χ4n) is 2.38. The Balaban J connectivity index is 1.81. The van der Waals surface area contributed by atoms with Crippen molar-refractivity contribution in [1.82, 2.24) is 10.2 Å². The maximum atomic E-state index is 12.0. The Morgan fingerprint density at radius 3 is 2.35 bits per heavy atom. The molecule has 3 N–H and O–H groups in total. The number of rotatable bonds is 3. The lowest BCUT2D eigenvalue weighted by Gasteiger charge is -2.22. The topological polar surface area (TPSA) is 72.8 Å². The van der Waals surface area contributed by atoms with E-state index in [0.717, 1.165) is 25.9 Å². The van der Waals surface area contributed by atoms with Crippen molar-refractivity contribution in [2.24, 2.45) is 0 Å². The standard InChI is InChI=1S/C15H22N2O3/c18-13-7-5-12(6-8-13)14(19)11-16-15(20)17-9-3-1-2-4-10-17/h5-8,14,18-19H,1-4,9-11H2,(H,16,20). The number of aromatic hydroxyl groups is 1. The molecule has 5 heteroatoms. The van der Waals surface area contributed by atoms with Crippen LogP contribution in [-0.2, 0) is 0 Å². The van der Waals surface area contributed by atoms with Gasteiger partial charge < -0.3 is 20.4 Å². The molecule has 1 fully saturated rings. The molecular weight excluding hydrogens is 256 g/mol. The van der Waals surface area contributed by atoms with Crippen molar-refractivity contribution in [1.29, 1.82) is 0 Å². The molecule has 20 heavy (non-hydrogen) atoms. The average molecular weight is 278 g/mol.